The molecule has 9 nitrogen and oxygen atoms in total. The van der Waals surface area contributed by atoms with Gasteiger partial charge >= 0.3 is 0 Å². The first-order valence-electron chi connectivity index (χ1n) is 12.5. The van der Waals surface area contributed by atoms with Gasteiger partial charge < -0.3 is 20.4 Å². The predicted octanol–water partition coefficient (Wildman–Crippen LogP) is 4.17. The largest absolute Gasteiger partial charge is 0.381 e. The Balaban J connectivity index is 1.24. The number of ether oxygens (including phenoxy) is 1. The number of nitrogens with zero attached hydrogens (tertiary/aromatic N) is 4. The van der Waals surface area contributed by atoms with E-state index < -0.39 is 0 Å². The molecule has 2 saturated carbocycles. The van der Waals surface area contributed by atoms with Gasteiger partial charge in [-0.2, -0.15) is 10.1 Å². The summed E-state index contributed by atoms with van der Waals surface area (Å²) in [4.78, 5) is 25.6. The van der Waals surface area contributed by atoms with E-state index in [1.165, 1.54) is 12.8 Å². The van der Waals surface area contributed by atoms with E-state index in [0.717, 1.165) is 59.3 Å². The van der Waals surface area contributed by atoms with Crippen molar-refractivity contribution in [3.05, 3.63) is 42.5 Å². The smallest absolute Gasteiger partial charge is 0.255 e. The molecule has 3 N–H and O–H groups in total. The van der Waals surface area contributed by atoms with Crippen LogP contribution in [0, 0.1) is 5.92 Å². The summed E-state index contributed by atoms with van der Waals surface area (Å²) in [6.45, 7) is 2.18. The van der Waals surface area contributed by atoms with E-state index in [1.807, 2.05) is 30.7 Å². The Kier molecular flexibility index (Phi) is 5.64. The van der Waals surface area contributed by atoms with E-state index in [2.05, 4.69) is 37.6 Å². The van der Waals surface area contributed by atoms with E-state index in [9.17, 15) is 4.79 Å². The molecule has 0 aromatic carbocycles. The number of methoxy groups -OCH3 is 1. The van der Waals surface area contributed by atoms with Gasteiger partial charge in [0.2, 0.25) is 5.95 Å². The number of fused-ring (bicyclic) bond motifs is 2. The minimum Gasteiger partial charge on any atom is -0.381 e. The van der Waals surface area contributed by atoms with Crippen LogP contribution in [0.3, 0.4) is 0 Å². The molecular formula is C26H31N7O2. The third-order valence-electron chi connectivity index (χ3n) is 7.54. The normalized spacial score (nSPS) is 21.3. The number of H-pyrrole nitrogens is 1. The molecule has 2 aliphatic carbocycles. The highest BCUT2D eigenvalue weighted by atomic mass is 16.5. The zero-order chi connectivity index (χ0) is 23.9. The third-order valence-corrected chi connectivity index (χ3v) is 7.54. The number of anilines is 1. The number of carbonyl (C=O) groups excluding carboxylic acids is 1. The Hall–Kier alpha value is -3.46. The van der Waals surface area contributed by atoms with Crippen molar-refractivity contribution in [2.24, 2.45) is 5.92 Å². The Morgan fingerprint density at radius 2 is 2.03 bits per heavy atom. The maximum Gasteiger partial charge on any atom is 0.255 e. The number of hydrogen-bond acceptors (Lipinski definition) is 6. The van der Waals surface area contributed by atoms with Crippen LogP contribution in [0.2, 0.25) is 0 Å². The molecule has 6 rings (SSSR count). The first kappa shape index (κ1) is 22.0. The number of hydrogen-bond donors (Lipinski definition) is 3. The van der Waals surface area contributed by atoms with Crippen LogP contribution >= 0.6 is 0 Å². The van der Waals surface area contributed by atoms with Crippen molar-refractivity contribution >= 4 is 28.4 Å². The molecule has 0 unspecified atom stereocenters. The number of aromatic amines is 1. The zero-order valence-corrected chi connectivity index (χ0v) is 20.1. The Labute approximate surface area is 203 Å². The van der Waals surface area contributed by atoms with Crippen LogP contribution in [0.1, 0.15) is 55.8 Å². The monoisotopic (exact) mass is 473 g/mol. The second kappa shape index (κ2) is 8.96. The minimum absolute atomic E-state index is 0.0826. The van der Waals surface area contributed by atoms with Gasteiger partial charge in [-0.15, -0.1) is 0 Å². The summed E-state index contributed by atoms with van der Waals surface area (Å²) in [6.07, 6.45) is 14.0. The van der Waals surface area contributed by atoms with Crippen LogP contribution in [0.25, 0.3) is 27.7 Å². The summed E-state index contributed by atoms with van der Waals surface area (Å²) < 4.78 is 7.19. The van der Waals surface area contributed by atoms with E-state index >= 15 is 0 Å². The lowest BCUT2D eigenvalue weighted by Crippen LogP contribution is -2.38. The fraction of sp³-hybridized carbons (Fsp3) is 0.462. The van der Waals surface area contributed by atoms with Crippen molar-refractivity contribution in [2.75, 3.05) is 12.4 Å². The second-order valence-corrected chi connectivity index (χ2v) is 9.91. The van der Waals surface area contributed by atoms with Gasteiger partial charge in [0.1, 0.15) is 5.65 Å². The molecule has 2 aliphatic rings. The highest BCUT2D eigenvalue weighted by Gasteiger charge is 2.28. The van der Waals surface area contributed by atoms with E-state index in [0.29, 0.717) is 23.7 Å². The van der Waals surface area contributed by atoms with Crippen molar-refractivity contribution in [1.29, 1.82) is 0 Å². The molecule has 2 fully saturated rings. The van der Waals surface area contributed by atoms with Crippen LogP contribution < -0.4 is 10.6 Å². The van der Waals surface area contributed by atoms with Crippen LogP contribution in [0.15, 0.2) is 36.9 Å². The van der Waals surface area contributed by atoms with Crippen molar-refractivity contribution in [1.82, 2.24) is 29.9 Å². The SMILES string of the molecule is COC1CCC(NC(=O)c2cnn3ccc(-c4c[nH]c5nc(N[C@H](C)C6CC6)ncc45)cc23)CC1. The summed E-state index contributed by atoms with van der Waals surface area (Å²) in [6, 6.07) is 4.56. The lowest BCUT2D eigenvalue weighted by Gasteiger charge is -2.28. The van der Waals surface area contributed by atoms with E-state index in [1.54, 1.807) is 17.8 Å². The fourth-order valence-corrected chi connectivity index (χ4v) is 5.16. The maximum absolute atomic E-state index is 13.1. The third kappa shape index (κ3) is 4.36. The van der Waals surface area contributed by atoms with E-state index in [4.69, 9.17) is 4.74 Å². The first-order chi connectivity index (χ1) is 17.1. The van der Waals surface area contributed by atoms with Gasteiger partial charge in [0.15, 0.2) is 0 Å². The summed E-state index contributed by atoms with van der Waals surface area (Å²) in [5.41, 5.74) is 4.12. The van der Waals surface area contributed by atoms with Crippen LogP contribution in [-0.4, -0.2) is 55.8 Å². The van der Waals surface area contributed by atoms with Crippen molar-refractivity contribution in [2.45, 2.75) is 63.6 Å². The number of nitrogens with one attached hydrogen (secondary N) is 3. The summed E-state index contributed by atoms with van der Waals surface area (Å²) in [5.74, 6) is 1.29. The number of carbonyl (C=O) groups is 1. The van der Waals surface area contributed by atoms with E-state index in [-0.39, 0.29) is 11.9 Å². The molecular weight excluding hydrogens is 442 g/mol. The average molecular weight is 474 g/mol. The van der Waals surface area contributed by atoms with Crippen molar-refractivity contribution in [3.8, 4) is 11.1 Å². The molecule has 4 heterocycles. The summed E-state index contributed by atoms with van der Waals surface area (Å²) >= 11 is 0. The van der Waals surface area contributed by atoms with Crippen LogP contribution in [0.4, 0.5) is 5.95 Å². The molecule has 182 valence electrons. The van der Waals surface area contributed by atoms with Gasteiger partial charge in [0.25, 0.3) is 5.91 Å². The molecule has 0 spiro atoms. The number of amides is 1. The van der Waals surface area contributed by atoms with Crippen molar-refractivity contribution < 1.29 is 9.53 Å². The highest BCUT2D eigenvalue weighted by molar-refractivity contribution is 6.02. The van der Waals surface area contributed by atoms with Gasteiger partial charge in [-0.3, -0.25) is 4.79 Å². The van der Waals surface area contributed by atoms with Gasteiger partial charge in [-0.05, 0) is 69.1 Å². The van der Waals surface area contributed by atoms with Gasteiger partial charge in [0.05, 0.1) is 23.4 Å². The lowest BCUT2D eigenvalue weighted by atomic mass is 9.93. The standard InChI is InChI=1S/C26H31N7O2/c1-15(16-3-4-16)30-26-28-13-21-20(12-27-24(21)32-26)17-9-10-33-23(11-17)22(14-29-33)25(34)31-18-5-7-19(35-2)8-6-18/h9-16,18-19H,3-8H2,1-2H3,(H,31,34)(H2,27,28,30,32)/t15-,18?,19?/m1/s1. The van der Waals surface area contributed by atoms with Crippen LogP contribution in [-0.2, 0) is 4.74 Å². The molecule has 0 radical (unpaired) electrons. The Bertz CT molecular complexity index is 1360. The maximum atomic E-state index is 13.1. The van der Waals surface area contributed by atoms with Gasteiger partial charge in [-0.25, -0.2) is 9.50 Å². The highest BCUT2D eigenvalue weighted by Crippen LogP contribution is 2.34. The molecule has 0 bridgehead atoms. The fourth-order valence-electron chi connectivity index (χ4n) is 5.16. The Morgan fingerprint density at radius 1 is 1.20 bits per heavy atom. The summed E-state index contributed by atoms with van der Waals surface area (Å²) in [7, 11) is 1.76. The number of rotatable bonds is 7. The molecule has 9 heteroatoms. The second-order valence-electron chi connectivity index (χ2n) is 9.91. The molecule has 0 aliphatic heterocycles. The Morgan fingerprint density at radius 3 is 2.80 bits per heavy atom. The van der Waals surface area contributed by atoms with Crippen LogP contribution in [0.5, 0.6) is 0 Å². The van der Waals surface area contributed by atoms with Gasteiger partial charge in [-0.1, -0.05) is 0 Å². The quantitative estimate of drug-likeness (QED) is 0.372. The van der Waals surface area contributed by atoms with Crippen molar-refractivity contribution in [3.63, 3.8) is 0 Å². The topological polar surface area (TPSA) is 109 Å². The molecule has 1 amide bonds. The summed E-state index contributed by atoms with van der Waals surface area (Å²) in [5, 5.41) is 12.0. The zero-order valence-electron chi connectivity index (χ0n) is 20.1. The number of aromatic nitrogens is 5. The number of pyridine rings is 1. The molecule has 4 aromatic heterocycles. The lowest BCUT2D eigenvalue weighted by molar-refractivity contribution is 0.0599. The molecule has 4 aromatic rings. The minimum atomic E-state index is -0.0826. The first-order valence-corrected chi connectivity index (χ1v) is 12.5. The predicted molar refractivity (Wildman–Crippen MR) is 134 cm³/mol. The van der Waals surface area contributed by atoms with Gasteiger partial charge in [0, 0.05) is 48.7 Å². The molecule has 0 saturated heterocycles. The molecule has 35 heavy (non-hydrogen) atoms. The molecule has 1 atom stereocenters. The average Bonchev–Trinajstić information content (AvgIpc) is 3.52.